The summed E-state index contributed by atoms with van der Waals surface area (Å²) in [6, 6.07) is 10.4. The van der Waals surface area contributed by atoms with Crippen LogP contribution in [0.1, 0.15) is 49.4 Å². The van der Waals surface area contributed by atoms with E-state index in [0.29, 0.717) is 6.42 Å². The molecule has 4 heteroatoms. The van der Waals surface area contributed by atoms with Gasteiger partial charge in [-0.1, -0.05) is 44.2 Å². The van der Waals surface area contributed by atoms with E-state index < -0.39 is 0 Å². The van der Waals surface area contributed by atoms with Gasteiger partial charge >= 0.3 is 0 Å². The number of nitrogens with one attached hydrogen (secondary N) is 2. The molecular formula is C20H23N3O. The Morgan fingerprint density at radius 3 is 2.71 bits per heavy atom. The van der Waals surface area contributed by atoms with Gasteiger partial charge in [0.05, 0.1) is 0 Å². The Morgan fingerprint density at radius 1 is 1.21 bits per heavy atom. The number of aryl methyl sites for hydroxylation is 1. The van der Waals surface area contributed by atoms with E-state index in [2.05, 4.69) is 53.6 Å². The normalized spacial score (nSPS) is 22.0. The fourth-order valence-electron chi connectivity index (χ4n) is 4.15. The van der Waals surface area contributed by atoms with E-state index >= 15 is 0 Å². The molecule has 2 aliphatic rings. The minimum Gasteiger partial charge on any atom is -0.342 e. The second kappa shape index (κ2) is 5.33. The SMILES string of the molecule is Cc1[nH]nc2c1C(Cc1ccccc1)C1=C(CC(C)(C)CC1=O)N2. The molecule has 0 radical (unpaired) electrons. The van der Waals surface area contributed by atoms with Crippen molar-refractivity contribution in [3.05, 3.63) is 58.4 Å². The Morgan fingerprint density at radius 2 is 1.96 bits per heavy atom. The maximum absolute atomic E-state index is 13.0. The van der Waals surface area contributed by atoms with Crippen LogP contribution in [0, 0.1) is 12.3 Å². The first-order valence-electron chi connectivity index (χ1n) is 8.57. The smallest absolute Gasteiger partial charge is 0.161 e. The topological polar surface area (TPSA) is 57.8 Å². The summed E-state index contributed by atoms with van der Waals surface area (Å²) < 4.78 is 0. The van der Waals surface area contributed by atoms with Gasteiger partial charge in [0, 0.05) is 34.9 Å². The lowest BCUT2D eigenvalue weighted by molar-refractivity contribution is -0.118. The zero-order chi connectivity index (χ0) is 16.9. The Balaban J connectivity index is 1.82. The van der Waals surface area contributed by atoms with E-state index in [-0.39, 0.29) is 17.1 Å². The molecule has 0 saturated carbocycles. The number of Topliss-reactive ketones (excluding diaryl/α,β-unsaturated/α-hetero) is 1. The predicted octanol–water partition coefficient (Wildman–Crippen LogP) is 4.11. The van der Waals surface area contributed by atoms with Crippen LogP contribution in [0.3, 0.4) is 0 Å². The molecule has 24 heavy (non-hydrogen) atoms. The molecule has 2 N–H and O–H groups in total. The number of hydrogen-bond acceptors (Lipinski definition) is 3. The van der Waals surface area contributed by atoms with Gasteiger partial charge in [0.25, 0.3) is 0 Å². The van der Waals surface area contributed by atoms with Crippen molar-refractivity contribution in [2.75, 3.05) is 5.32 Å². The summed E-state index contributed by atoms with van der Waals surface area (Å²) in [4.78, 5) is 13.0. The summed E-state index contributed by atoms with van der Waals surface area (Å²) in [6.07, 6.45) is 2.34. The molecule has 1 aliphatic heterocycles. The first-order valence-corrected chi connectivity index (χ1v) is 8.57. The van der Waals surface area contributed by atoms with Crippen molar-refractivity contribution < 1.29 is 4.79 Å². The monoisotopic (exact) mass is 321 g/mol. The zero-order valence-corrected chi connectivity index (χ0v) is 14.4. The lowest BCUT2D eigenvalue weighted by atomic mass is 9.69. The van der Waals surface area contributed by atoms with Crippen molar-refractivity contribution in [3.63, 3.8) is 0 Å². The molecule has 0 spiro atoms. The van der Waals surface area contributed by atoms with Crippen LogP contribution in [-0.2, 0) is 11.2 Å². The van der Waals surface area contributed by atoms with Crippen LogP contribution >= 0.6 is 0 Å². The number of H-pyrrole nitrogens is 1. The van der Waals surface area contributed by atoms with Gasteiger partial charge in [-0.15, -0.1) is 0 Å². The Kier molecular flexibility index (Phi) is 3.37. The Bertz CT molecular complexity index is 830. The van der Waals surface area contributed by atoms with E-state index in [0.717, 1.165) is 41.2 Å². The van der Waals surface area contributed by atoms with Crippen molar-refractivity contribution in [2.24, 2.45) is 5.41 Å². The predicted molar refractivity (Wildman–Crippen MR) is 94.9 cm³/mol. The third-order valence-electron chi connectivity index (χ3n) is 5.16. The molecule has 4 nitrogen and oxygen atoms in total. The van der Waals surface area contributed by atoms with Crippen LogP contribution in [0.5, 0.6) is 0 Å². The lowest BCUT2D eigenvalue weighted by Crippen LogP contribution is -2.34. The van der Waals surface area contributed by atoms with Gasteiger partial charge in [-0.25, -0.2) is 0 Å². The number of rotatable bonds is 2. The van der Waals surface area contributed by atoms with Crippen molar-refractivity contribution in [1.29, 1.82) is 0 Å². The van der Waals surface area contributed by atoms with Gasteiger partial charge < -0.3 is 5.32 Å². The Labute approximate surface area is 142 Å². The highest BCUT2D eigenvalue weighted by Crippen LogP contribution is 2.47. The van der Waals surface area contributed by atoms with E-state index in [4.69, 9.17) is 0 Å². The number of fused-ring (bicyclic) bond motifs is 1. The number of hydrogen-bond donors (Lipinski definition) is 2. The summed E-state index contributed by atoms with van der Waals surface area (Å²) in [5.41, 5.74) is 5.48. The highest BCUT2D eigenvalue weighted by atomic mass is 16.1. The molecule has 0 amide bonds. The van der Waals surface area contributed by atoms with Crippen LogP contribution in [0.25, 0.3) is 0 Å². The molecule has 1 atom stereocenters. The first-order chi connectivity index (χ1) is 11.4. The maximum atomic E-state index is 13.0. The van der Waals surface area contributed by atoms with Crippen LogP contribution < -0.4 is 5.32 Å². The van der Waals surface area contributed by atoms with E-state index in [9.17, 15) is 4.79 Å². The van der Waals surface area contributed by atoms with Gasteiger partial charge in [-0.05, 0) is 30.7 Å². The minimum atomic E-state index is 0.00304. The molecule has 1 aromatic heterocycles. The summed E-state index contributed by atoms with van der Waals surface area (Å²) in [7, 11) is 0. The summed E-state index contributed by atoms with van der Waals surface area (Å²) in [6.45, 7) is 6.36. The fourth-order valence-corrected chi connectivity index (χ4v) is 4.15. The first kappa shape index (κ1) is 15.2. The Hall–Kier alpha value is -2.36. The van der Waals surface area contributed by atoms with Crippen molar-refractivity contribution in [2.45, 2.75) is 46.0 Å². The molecule has 0 bridgehead atoms. The van der Waals surface area contributed by atoms with Crippen LogP contribution in [-0.4, -0.2) is 16.0 Å². The highest BCUT2D eigenvalue weighted by Gasteiger charge is 2.41. The number of carbonyl (C=O) groups excluding carboxylic acids is 1. The number of anilines is 1. The van der Waals surface area contributed by atoms with Crippen LogP contribution in [0.15, 0.2) is 41.6 Å². The lowest BCUT2D eigenvalue weighted by Gasteiger charge is -2.38. The summed E-state index contributed by atoms with van der Waals surface area (Å²) in [5.74, 6) is 1.25. The summed E-state index contributed by atoms with van der Waals surface area (Å²) in [5, 5.41) is 11.0. The van der Waals surface area contributed by atoms with Gasteiger partial charge in [0.2, 0.25) is 0 Å². The van der Waals surface area contributed by atoms with Gasteiger partial charge in [0.15, 0.2) is 11.6 Å². The molecule has 0 fully saturated rings. The van der Waals surface area contributed by atoms with Gasteiger partial charge in [-0.2, -0.15) is 5.10 Å². The number of aromatic nitrogens is 2. The summed E-state index contributed by atoms with van der Waals surface area (Å²) >= 11 is 0. The number of aromatic amines is 1. The van der Waals surface area contributed by atoms with Crippen LogP contribution in [0.4, 0.5) is 5.82 Å². The molecule has 2 aromatic rings. The van der Waals surface area contributed by atoms with E-state index in [1.165, 1.54) is 5.56 Å². The quantitative estimate of drug-likeness (QED) is 0.875. The third kappa shape index (κ3) is 2.46. The second-order valence-electron chi connectivity index (χ2n) is 7.81. The zero-order valence-electron chi connectivity index (χ0n) is 14.4. The number of ketones is 1. The second-order valence-corrected chi connectivity index (χ2v) is 7.81. The third-order valence-corrected chi connectivity index (χ3v) is 5.16. The molecule has 1 unspecified atom stereocenters. The molecular weight excluding hydrogens is 298 g/mol. The number of nitrogens with zero attached hydrogens (tertiary/aromatic N) is 1. The minimum absolute atomic E-state index is 0.00304. The molecule has 124 valence electrons. The molecule has 1 aliphatic carbocycles. The van der Waals surface area contributed by atoms with Crippen molar-refractivity contribution >= 4 is 11.6 Å². The molecule has 1 aromatic carbocycles. The van der Waals surface area contributed by atoms with E-state index in [1.54, 1.807) is 0 Å². The standard InChI is InChI=1S/C20H23N3O/c1-12-17-14(9-13-7-5-4-6-8-13)18-15(21-19(17)23-22-12)10-20(2,3)11-16(18)24/h4-8,14H,9-11H2,1-3H3,(H2,21,22,23). The van der Waals surface area contributed by atoms with Gasteiger partial charge in [0.1, 0.15) is 0 Å². The average molecular weight is 321 g/mol. The number of benzene rings is 1. The number of carbonyl (C=O) groups is 1. The highest BCUT2D eigenvalue weighted by molar-refractivity contribution is 6.00. The molecule has 0 saturated heterocycles. The van der Waals surface area contributed by atoms with Gasteiger partial charge in [-0.3, -0.25) is 9.89 Å². The largest absolute Gasteiger partial charge is 0.342 e. The van der Waals surface area contributed by atoms with Crippen molar-refractivity contribution in [3.8, 4) is 0 Å². The average Bonchev–Trinajstić information content (AvgIpc) is 2.87. The molecule has 4 rings (SSSR count). The fraction of sp³-hybridized carbons (Fsp3) is 0.400. The molecule has 2 heterocycles. The number of allylic oxidation sites excluding steroid dienone is 2. The van der Waals surface area contributed by atoms with Crippen molar-refractivity contribution in [1.82, 2.24) is 10.2 Å². The van der Waals surface area contributed by atoms with Crippen LogP contribution in [0.2, 0.25) is 0 Å². The maximum Gasteiger partial charge on any atom is 0.161 e. The van der Waals surface area contributed by atoms with E-state index in [1.807, 2.05) is 13.0 Å².